The lowest BCUT2D eigenvalue weighted by Gasteiger charge is -2.39. The van der Waals surface area contributed by atoms with Crippen LogP contribution in [-0.4, -0.2) is 60.9 Å². The van der Waals surface area contributed by atoms with Crippen LogP contribution in [0, 0.1) is 5.92 Å². The zero-order valence-electron chi connectivity index (χ0n) is 16.7. The highest BCUT2D eigenvalue weighted by Crippen LogP contribution is 2.31. The maximum atomic E-state index is 12.0. The number of rotatable bonds is 7. The van der Waals surface area contributed by atoms with Gasteiger partial charge in [-0.25, -0.2) is 9.50 Å². The second-order valence-electron chi connectivity index (χ2n) is 7.77. The number of aryl methyl sites for hydroxylation is 1. The van der Waals surface area contributed by atoms with Crippen molar-refractivity contribution >= 4 is 17.4 Å². The molecule has 5 rings (SSSR count). The van der Waals surface area contributed by atoms with Gasteiger partial charge in [0.15, 0.2) is 17.2 Å². The van der Waals surface area contributed by atoms with E-state index >= 15 is 0 Å². The SMILES string of the molecule is CCN1CC[C@@H]1COc1cnn(C)c1-c1ccc2nc(NC(=O)C3CC3)cn2n1. The first-order chi connectivity index (χ1) is 14.1. The summed E-state index contributed by atoms with van der Waals surface area (Å²) in [6.07, 6.45) is 6.57. The Balaban J connectivity index is 1.37. The van der Waals surface area contributed by atoms with Crippen LogP contribution in [0.5, 0.6) is 5.75 Å². The lowest BCUT2D eigenvalue weighted by molar-refractivity contribution is -0.117. The lowest BCUT2D eigenvalue weighted by Crippen LogP contribution is -2.50. The van der Waals surface area contributed by atoms with E-state index in [0.717, 1.165) is 49.5 Å². The van der Waals surface area contributed by atoms with Gasteiger partial charge in [0.1, 0.15) is 18.0 Å². The van der Waals surface area contributed by atoms with Gasteiger partial charge in [-0.05, 0) is 37.9 Å². The fourth-order valence-corrected chi connectivity index (χ4v) is 3.74. The molecule has 2 fully saturated rings. The molecular formula is C20H25N7O2. The van der Waals surface area contributed by atoms with Crippen molar-refractivity contribution in [1.29, 1.82) is 0 Å². The molecule has 29 heavy (non-hydrogen) atoms. The van der Waals surface area contributed by atoms with Gasteiger partial charge in [0.05, 0.1) is 12.4 Å². The van der Waals surface area contributed by atoms with E-state index in [4.69, 9.17) is 4.74 Å². The fourth-order valence-electron chi connectivity index (χ4n) is 3.74. The summed E-state index contributed by atoms with van der Waals surface area (Å²) in [5, 5.41) is 11.9. The summed E-state index contributed by atoms with van der Waals surface area (Å²) in [5.74, 6) is 1.42. The maximum Gasteiger partial charge on any atom is 0.228 e. The highest BCUT2D eigenvalue weighted by atomic mass is 16.5. The van der Waals surface area contributed by atoms with E-state index in [0.29, 0.717) is 24.1 Å². The number of nitrogens with one attached hydrogen (secondary N) is 1. The summed E-state index contributed by atoms with van der Waals surface area (Å²) in [7, 11) is 1.88. The van der Waals surface area contributed by atoms with Crippen LogP contribution < -0.4 is 10.1 Å². The van der Waals surface area contributed by atoms with Gasteiger partial charge >= 0.3 is 0 Å². The van der Waals surface area contributed by atoms with Crippen LogP contribution in [0.4, 0.5) is 5.82 Å². The van der Waals surface area contributed by atoms with E-state index in [1.807, 2.05) is 19.2 Å². The minimum atomic E-state index is 0.0352. The molecule has 1 aliphatic heterocycles. The third-order valence-corrected chi connectivity index (χ3v) is 5.77. The molecule has 1 saturated heterocycles. The highest BCUT2D eigenvalue weighted by Gasteiger charge is 2.30. The second-order valence-corrected chi connectivity index (χ2v) is 7.77. The smallest absolute Gasteiger partial charge is 0.228 e. The Labute approximate surface area is 168 Å². The summed E-state index contributed by atoms with van der Waals surface area (Å²) in [6, 6.07) is 4.26. The predicted octanol–water partition coefficient (Wildman–Crippen LogP) is 1.95. The van der Waals surface area contributed by atoms with Crippen molar-refractivity contribution < 1.29 is 9.53 Å². The largest absolute Gasteiger partial charge is 0.488 e. The molecule has 0 unspecified atom stereocenters. The van der Waals surface area contributed by atoms with Gasteiger partial charge in [-0.1, -0.05) is 6.92 Å². The Bertz CT molecular complexity index is 1050. The minimum Gasteiger partial charge on any atom is -0.488 e. The molecule has 0 radical (unpaired) electrons. The number of hydrogen-bond donors (Lipinski definition) is 1. The molecule has 1 N–H and O–H groups in total. The molecule has 3 aromatic rings. The van der Waals surface area contributed by atoms with Gasteiger partial charge in [-0.2, -0.15) is 10.2 Å². The Hall–Kier alpha value is -2.94. The molecule has 1 atom stereocenters. The number of nitrogens with zero attached hydrogens (tertiary/aromatic N) is 6. The molecule has 9 heteroatoms. The molecule has 9 nitrogen and oxygen atoms in total. The van der Waals surface area contributed by atoms with Crippen LogP contribution in [0.2, 0.25) is 0 Å². The lowest BCUT2D eigenvalue weighted by atomic mass is 10.0. The van der Waals surface area contributed by atoms with E-state index < -0.39 is 0 Å². The quantitative estimate of drug-likeness (QED) is 0.658. The normalized spacial score (nSPS) is 19.3. The molecule has 3 aromatic heterocycles. The number of aromatic nitrogens is 5. The number of likely N-dealkylation sites (N-methyl/N-ethyl adjacent to an activating group) is 1. The third-order valence-electron chi connectivity index (χ3n) is 5.77. The maximum absolute atomic E-state index is 12.0. The molecule has 0 aromatic carbocycles. The van der Waals surface area contributed by atoms with Crippen molar-refractivity contribution in [2.24, 2.45) is 13.0 Å². The fraction of sp³-hybridized carbons (Fsp3) is 0.500. The number of hydrogen-bond acceptors (Lipinski definition) is 6. The molecule has 4 heterocycles. The van der Waals surface area contributed by atoms with Crippen molar-refractivity contribution in [3.05, 3.63) is 24.5 Å². The summed E-state index contributed by atoms with van der Waals surface area (Å²) in [4.78, 5) is 18.8. The van der Waals surface area contributed by atoms with Crippen LogP contribution >= 0.6 is 0 Å². The monoisotopic (exact) mass is 395 g/mol. The van der Waals surface area contributed by atoms with Gasteiger partial charge in [0.2, 0.25) is 5.91 Å². The summed E-state index contributed by atoms with van der Waals surface area (Å²) >= 11 is 0. The first-order valence-corrected chi connectivity index (χ1v) is 10.2. The zero-order chi connectivity index (χ0) is 20.0. The van der Waals surface area contributed by atoms with E-state index in [2.05, 4.69) is 32.3 Å². The molecule has 0 spiro atoms. The Morgan fingerprint density at radius 1 is 1.31 bits per heavy atom. The van der Waals surface area contributed by atoms with Crippen LogP contribution in [0.1, 0.15) is 26.2 Å². The first kappa shape index (κ1) is 18.1. The number of anilines is 1. The van der Waals surface area contributed by atoms with Crippen molar-refractivity contribution in [3.63, 3.8) is 0 Å². The van der Waals surface area contributed by atoms with E-state index in [1.54, 1.807) is 21.6 Å². The number of carbonyl (C=O) groups is 1. The number of carbonyl (C=O) groups excluding carboxylic acids is 1. The van der Waals surface area contributed by atoms with Gasteiger partial charge < -0.3 is 10.1 Å². The third kappa shape index (κ3) is 3.46. The van der Waals surface area contributed by atoms with Crippen molar-refractivity contribution in [1.82, 2.24) is 29.3 Å². The molecular weight excluding hydrogens is 370 g/mol. The number of amides is 1. The predicted molar refractivity (Wildman–Crippen MR) is 108 cm³/mol. The van der Waals surface area contributed by atoms with Crippen LogP contribution in [0.15, 0.2) is 24.5 Å². The van der Waals surface area contributed by atoms with E-state index in [9.17, 15) is 4.79 Å². The molecule has 1 saturated carbocycles. The molecule has 0 bridgehead atoms. The standard InChI is InChI=1S/C20H25N7O2/c1-3-26-9-8-14(26)12-29-16-10-21-25(2)19(16)15-6-7-18-22-17(11-27(18)24-15)23-20(28)13-4-5-13/h6-7,10-11,13-14H,3-5,8-9,12H2,1-2H3,(H,23,28)/t14-/m1/s1. The molecule has 1 aliphatic carbocycles. The minimum absolute atomic E-state index is 0.0352. The average molecular weight is 395 g/mol. The Morgan fingerprint density at radius 3 is 2.90 bits per heavy atom. The van der Waals surface area contributed by atoms with Crippen LogP contribution in [0.3, 0.4) is 0 Å². The summed E-state index contributed by atoms with van der Waals surface area (Å²) in [5.41, 5.74) is 2.25. The van der Waals surface area contributed by atoms with Gasteiger partial charge in [0, 0.05) is 25.6 Å². The van der Waals surface area contributed by atoms with Crippen molar-refractivity contribution in [2.75, 3.05) is 25.0 Å². The summed E-state index contributed by atoms with van der Waals surface area (Å²) in [6.45, 7) is 5.01. The number of likely N-dealkylation sites (tertiary alicyclic amines) is 1. The summed E-state index contributed by atoms with van der Waals surface area (Å²) < 4.78 is 9.56. The topological polar surface area (TPSA) is 89.6 Å². The van der Waals surface area contributed by atoms with Gasteiger partial charge in [0.25, 0.3) is 0 Å². The second kappa shape index (κ2) is 7.14. The van der Waals surface area contributed by atoms with E-state index in [1.165, 1.54) is 0 Å². The molecule has 2 aliphatic rings. The zero-order valence-corrected chi connectivity index (χ0v) is 16.7. The number of fused-ring (bicyclic) bond motifs is 1. The van der Waals surface area contributed by atoms with E-state index in [-0.39, 0.29) is 11.8 Å². The molecule has 1 amide bonds. The van der Waals surface area contributed by atoms with Crippen molar-refractivity contribution in [3.8, 4) is 17.1 Å². The Kier molecular flexibility index (Phi) is 4.46. The number of imidazole rings is 1. The van der Waals surface area contributed by atoms with Crippen molar-refractivity contribution in [2.45, 2.75) is 32.2 Å². The highest BCUT2D eigenvalue weighted by molar-refractivity contribution is 5.93. The van der Waals surface area contributed by atoms with Crippen LogP contribution in [-0.2, 0) is 11.8 Å². The average Bonchev–Trinajstić information content (AvgIpc) is 3.37. The van der Waals surface area contributed by atoms with Gasteiger partial charge in [-0.15, -0.1) is 0 Å². The van der Waals surface area contributed by atoms with Gasteiger partial charge in [-0.3, -0.25) is 14.4 Å². The van der Waals surface area contributed by atoms with Crippen LogP contribution in [0.25, 0.3) is 17.0 Å². The molecule has 152 valence electrons. The Morgan fingerprint density at radius 2 is 2.17 bits per heavy atom. The first-order valence-electron chi connectivity index (χ1n) is 10.2. The number of ether oxygens (including phenoxy) is 1.